The van der Waals surface area contributed by atoms with Crippen LogP contribution in [0.3, 0.4) is 0 Å². The van der Waals surface area contributed by atoms with Gasteiger partial charge in [-0.15, -0.1) is 0 Å². The molecule has 1 saturated heterocycles. The van der Waals surface area contributed by atoms with Crippen molar-refractivity contribution >= 4 is 28.4 Å². The maximum atomic E-state index is 12.2. The van der Waals surface area contributed by atoms with Gasteiger partial charge in [-0.05, 0) is 44.1 Å². The van der Waals surface area contributed by atoms with Gasteiger partial charge in [0.1, 0.15) is 6.04 Å². The lowest BCUT2D eigenvalue weighted by Gasteiger charge is -2.13. The minimum absolute atomic E-state index is 0.0573. The zero-order valence-corrected chi connectivity index (χ0v) is 13.5. The third-order valence-electron chi connectivity index (χ3n) is 4.14. The number of benzene rings is 1. The van der Waals surface area contributed by atoms with Crippen molar-refractivity contribution in [2.75, 3.05) is 26.0 Å². The Labute approximate surface area is 135 Å². The summed E-state index contributed by atoms with van der Waals surface area (Å²) in [6, 6.07) is 7.55. The fourth-order valence-corrected chi connectivity index (χ4v) is 2.80. The number of rotatable bonds is 5. The quantitative estimate of drug-likeness (QED) is 0.877. The van der Waals surface area contributed by atoms with Gasteiger partial charge in [0.2, 0.25) is 11.8 Å². The molecule has 23 heavy (non-hydrogen) atoms. The Bertz CT molecular complexity index is 735. The largest absolute Gasteiger partial charge is 0.346 e. The fourth-order valence-electron chi connectivity index (χ4n) is 2.80. The molecule has 0 unspecified atom stereocenters. The van der Waals surface area contributed by atoms with Gasteiger partial charge in [0, 0.05) is 31.4 Å². The highest BCUT2D eigenvalue weighted by atomic mass is 16.2. The number of nitrogens with zero attached hydrogens (tertiary/aromatic N) is 2. The maximum absolute atomic E-state index is 12.2. The van der Waals surface area contributed by atoms with E-state index >= 15 is 0 Å². The molecule has 6 heteroatoms. The van der Waals surface area contributed by atoms with Gasteiger partial charge in [-0.1, -0.05) is 6.07 Å². The molecule has 1 aliphatic rings. The van der Waals surface area contributed by atoms with E-state index in [-0.39, 0.29) is 11.8 Å². The highest BCUT2D eigenvalue weighted by molar-refractivity contribution is 6.00. The molecule has 0 spiro atoms. The van der Waals surface area contributed by atoms with Crippen LogP contribution in [-0.4, -0.2) is 48.0 Å². The lowest BCUT2D eigenvalue weighted by Crippen LogP contribution is -2.37. The second-order valence-corrected chi connectivity index (χ2v) is 6.23. The van der Waals surface area contributed by atoms with Gasteiger partial charge in [-0.25, -0.2) is 0 Å². The van der Waals surface area contributed by atoms with Gasteiger partial charge in [0.25, 0.3) is 0 Å². The van der Waals surface area contributed by atoms with Crippen LogP contribution in [0.15, 0.2) is 30.5 Å². The van der Waals surface area contributed by atoms with Gasteiger partial charge >= 0.3 is 0 Å². The fraction of sp³-hybridized carbons (Fsp3) is 0.412. The Morgan fingerprint density at radius 1 is 1.39 bits per heavy atom. The summed E-state index contributed by atoms with van der Waals surface area (Å²) in [7, 11) is 4.10. The average molecular weight is 314 g/mol. The molecule has 0 bridgehead atoms. The third-order valence-corrected chi connectivity index (χ3v) is 4.14. The summed E-state index contributed by atoms with van der Waals surface area (Å²) in [4.78, 5) is 25.6. The summed E-state index contributed by atoms with van der Waals surface area (Å²) in [6.07, 6.45) is 3.05. The first kappa shape index (κ1) is 15.6. The summed E-state index contributed by atoms with van der Waals surface area (Å²) in [5.41, 5.74) is 1.86. The number of anilines is 1. The van der Waals surface area contributed by atoms with E-state index in [0.717, 1.165) is 29.7 Å². The van der Waals surface area contributed by atoms with Crippen LogP contribution in [0.5, 0.6) is 0 Å². The van der Waals surface area contributed by atoms with Crippen molar-refractivity contribution in [2.24, 2.45) is 0 Å². The number of amides is 2. The van der Waals surface area contributed by atoms with Crippen molar-refractivity contribution in [1.29, 1.82) is 0 Å². The molecule has 1 atom stereocenters. The first-order valence-corrected chi connectivity index (χ1v) is 7.87. The monoisotopic (exact) mass is 314 g/mol. The predicted molar refractivity (Wildman–Crippen MR) is 90.3 cm³/mol. The Hall–Kier alpha value is -2.34. The molecule has 2 amide bonds. The average Bonchev–Trinajstić information content (AvgIpc) is 3.11. The van der Waals surface area contributed by atoms with Crippen LogP contribution in [0.4, 0.5) is 5.69 Å². The molecule has 0 saturated carbocycles. The van der Waals surface area contributed by atoms with Gasteiger partial charge in [-0.3, -0.25) is 9.59 Å². The van der Waals surface area contributed by atoms with E-state index in [0.29, 0.717) is 12.8 Å². The summed E-state index contributed by atoms with van der Waals surface area (Å²) in [5.74, 6) is -0.209. The van der Waals surface area contributed by atoms with Crippen molar-refractivity contribution in [3.8, 4) is 0 Å². The van der Waals surface area contributed by atoms with Crippen molar-refractivity contribution in [3.63, 3.8) is 0 Å². The van der Waals surface area contributed by atoms with Gasteiger partial charge in [0.15, 0.2) is 0 Å². The standard InChI is InChI=1S/C17H22N4O2/c1-20(2)9-10-21-8-7-12-3-4-13(11-15(12)21)18-17(23)14-5-6-16(22)19-14/h3-4,7-8,11,14H,5-6,9-10H2,1-2H3,(H,18,23)(H,19,22)/t14-/m1/s1. The first-order chi connectivity index (χ1) is 11.0. The summed E-state index contributed by atoms with van der Waals surface area (Å²) >= 11 is 0. The normalized spacial score (nSPS) is 17.7. The van der Waals surface area contributed by atoms with E-state index in [1.54, 1.807) is 0 Å². The van der Waals surface area contributed by atoms with Gasteiger partial charge < -0.3 is 20.1 Å². The molecule has 1 aromatic carbocycles. The molecule has 122 valence electrons. The summed E-state index contributed by atoms with van der Waals surface area (Å²) < 4.78 is 2.18. The molecule has 1 aliphatic heterocycles. The summed E-state index contributed by atoms with van der Waals surface area (Å²) in [5, 5.41) is 6.74. The minimum Gasteiger partial charge on any atom is -0.346 e. The molecule has 1 fully saturated rings. The van der Waals surface area contributed by atoms with E-state index in [4.69, 9.17) is 0 Å². The Morgan fingerprint density at radius 3 is 2.91 bits per heavy atom. The molecular weight excluding hydrogens is 292 g/mol. The highest BCUT2D eigenvalue weighted by Gasteiger charge is 2.27. The van der Waals surface area contributed by atoms with E-state index in [2.05, 4.69) is 32.4 Å². The van der Waals surface area contributed by atoms with Gasteiger partial charge in [0.05, 0.1) is 5.52 Å². The molecule has 0 radical (unpaired) electrons. The number of hydrogen-bond donors (Lipinski definition) is 2. The molecule has 6 nitrogen and oxygen atoms in total. The van der Waals surface area contributed by atoms with E-state index in [1.165, 1.54) is 0 Å². The van der Waals surface area contributed by atoms with E-state index in [1.807, 2.05) is 32.3 Å². The number of likely N-dealkylation sites (N-methyl/N-ethyl adjacent to an activating group) is 1. The Balaban J connectivity index is 1.75. The van der Waals surface area contributed by atoms with E-state index < -0.39 is 6.04 Å². The highest BCUT2D eigenvalue weighted by Crippen LogP contribution is 2.21. The molecule has 3 rings (SSSR count). The minimum atomic E-state index is -0.418. The van der Waals surface area contributed by atoms with Crippen LogP contribution < -0.4 is 10.6 Å². The van der Waals surface area contributed by atoms with Crippen molar-refractivity contribution < 1.29 is 9.59 Å². The first-order valence-electron chi connectivity index (χ1n) is 7.87. The van der Waals surface area contributed by atoms with Crippen LogP contribution >= 0.6 is 0 Å². The zero-order valence-electron chi connectivity index (χ0n) is 13.5. The predicted octanol–water partition coefficient (Wildman–Crippen LogP) is 1.42. The topological polar surface area (TPSA) is 66.4 Å². The number of aromatic nitrogens is 1. The molecular formula is C17H22N4O2. The number of nitrogens with one attached hydrogen (secondary N) is 2. The second-order valence-electron chi connectivity index (χ2n) is 6.23. The zero-order chi connectivity index (χ0) is 16.4. The van der Waals surface area contributed by atoms with Crippen molar-refractivity contribution in [2.45, 2.75) is 25.4 Å². The van der Waals surface area contributed by atoms with Crippen LogP contribution in [0.2, 0.25) is 0 Å². The molecule has 1 aromatic heterocycles. The lowest BCUT2D eigenvalue weighted by molar-refractivity contribution is -0.122. The number of carbonyl (C=O) groups excluding carboxylic acids is 2. The van der Waals surface area contributed by atoms with Gasteiger partial charge in [-0.2, -0.15) is 0 Å². The Kier molecular flexibility index (Phi) is 4.34. The van der Waals surface area contributed by atoms with Crippen LogP contribution in [-0.2, 0) is 16.1 Å². The molecule has 2 heterocycles. The smallest absolute Gasteiger partial charge is 0.246 e. The maximum Gasteiger partial charge on any atom is 0.246 e. The molecule has 2 N–H and O–H groups in total. The van der Waals surface area contributed by atoms with Crippen LogP contribution in [0.25, 0.3) is 10.9 Å². The summed E-state index contributed by atoms with van der Waals surface area (Å²) in [6.45, 7) is 1.85. The Morgan fingerprint density at radius 2 is 2.22 bits per heavy atom. The number of carbonyl (C=O) groups is 2. The third kappa shape index (κ3) is 3.53. The lowest BCUT2D eigenvalue weighted by atomic mass is 10.2. The van der Waals surface area contributed by atoms with Crippen LogP contribution in [0, 0.1) is 0 Å². The van der Waals surface area contributed by atoms with Crippen molar-refractivity contribution in [3.05, 3.63) is 30.5 Å². The van der Waals surface area contributed by atoms with Crippen molar-refractivity contribution in [1.82, 2.24) is 14.8 Å². The van der Waals surface area contributed by atoms with Crippen LogP contribution in [0.1, 0.15) is 12.8 Å². The molecule has 2 aromatic rings. The SMILES string of the molecule is CN(C)CCn1ccc2ccc(NC(=O)[C@H]3CCC(=O)N3)cc21. The molecule has 0 aliphatic carbocycles. The van der Waals surface area contributed by atoms with E-state index in [9.17, 15) is 9.59 Å². The second kappa shape index (κ2) is 6.42. The number of hydrogen-bond acceptors (Lipinski definition) is 3. The number of fused-ring (bicyclic) bond motifs is 1.